The number of ether oxygens (including phenoxy) is 1. The van der Waals surface area contributed by atoms with Crippen LogP contribution in [0.2, 0.25) is 0 Å². The molecule has 0 spiro atoms. The number of rotatable bonds is 3. The third-order valence-corrected chi connectivity index (χ3v) is 6.03. The highest BCUT2D eigenvalue weighted by Crippen LogP contribution is 2.18. The number of methoxy groups -OCH3 is 1. The number of aromatic nitrogens is 6. The van der Waals surface area contributed by atoms with Crippen LogP contribution in [-0.4, -0.2) is 42.3 Å². The SMILES string of the molecule is COC(=O)c1ccc(-c2nn3cccc3c(=O)[nH]2)cc1.O=c1[nH]c(-c2ccc(Br)cc2)nn2cccc12. The summed E-state index contributed by atoms with van der Waals surface area (Å²) in [7, 11) is 1.33. The second-order valence-corrected chi connectivity index (χ2v) is 8.77. The first-order valence-corrected chi connectivity index (χ1v) is 11.8. The Morgan fingerprint density at radius 3 is 1.68 bits per heavy atom. The maximum atomic E-state index is 11.9. The van der Waals surface area contributed by atoms with Crippen LogP contribution in [0, 0.1) is 0 Å². The van der Waals surface area contributed by atoms with Crippen molar-refractivity contribution in [3.8, 4) is 22.8 Å². The van der Waals surface area contributed by atoms with Crippen LogP contribution in [0.5, 0.6) is 0 Å². The fourth-order valence-corrected chi connectivity index (χ4v) is 3.90. The number of carbonyl (C=O) groups is 1. The first-order valence-electron chi connectivity index (χ1n) is 11.0. The van der Waals surface area contributed by atoms with Crippen LogP contribution >= 0.6 is 15.9 Å². The first-order chi connectivity index (χ1) is 17.9. The molecule has 184 valence electrons. The molecule has 10 nitrogen and oxygen atoms in total. The smallest absolute Gasteiger partial charge is 0.337 e. The highest BCUT2D eigenvalue weighted by atomic mass is 79.9. The molecule has 2 N–H and O–H groups in total. The standard InChI is InChI=1S/C14H11N3O3.C12H8BrN3O/c1-20-14(19)10-6-4-9(5-7-10)12-15-13(18)11-3-2-8-17(11)16-12;13-9-5-3-8(4-6-9)11-14-12(17)10-2-1-7-16(10)15-11/h2-8H,1H3,(H,15,16,18);1-7H,(H,14,15,17). The number of hydrogen-bond acceptors (Lipinski definition) is 6. The van der Waals surface area contributed by atoms with Crippen LogP contribution in [0.3, 0.4) is 0 Å². The molecular formula is C26H19BrN6O4. The molecule has 0 radical (unpaired) electrons. The Morgan fingerprint density at radius 2 is 1.22 bits per heavy atom. The minimum absolute atomic E-state index is 0.136. The number of fused-ring (bicyclic) bond motifs is 2. The number of benzene rings is 2. The van der Waals surface area contributed by atoms with Gasteiger partial charge in [-0.2, -0.15) is 0 Å². The Kier molecular flexibility index (Phi) is 6.52. The number of esters is 1. The summed E-state index contributed by atoms with van der Waals surface area (Å²) in [5.41, 5.74) is 2.72. The van der Waals surface area contributed by atoms with Crippen molar-refractivity contribution in [2.45, 2.75) is 0 Å². The van der Waals surface area contributed by atoms with Gasteiger partial charge in [0, 0.05) is 28.0 Å². The summed E-state index contributed by atoms with van der Waals surface area (Å²) in [6.07, 6.45) is 3.46. The molecule has 11 heteroatoms. The van der Waals surface area contributed by atoms with Crippen LogP contribution in [0.25, 0.3) is 33.8 Å². The third kappa shape index (κ3) is 4.98. The van der Waals surface area contributed by atoms with Crippen molar-refractivity contribution in [3.05, 3.63) is 116 Å². The minimum Gasteiger partial charge on any atom is -0.465 e. The molecule has 0 unspecified atom stereocenters. The van der Waals surface area contributed by atoms with Gasteiger partial charge in [-0.05, 0) is 48.5 Å². The average Bonchev–Trinajstić information content (AvgIpc) is 3.59. The molecule has 37 heavy (non-hydrogen) atoms. The zero-order valence-corrected chi connectivity index (χ0v) is 21.0. The number of halogens is 1. The third-order valence-electron chi connectivity index (χ3n) is 5.50. The normalized spacial score (nSPS) is 10.8. The molecule has 0 fully saturated rings. The van der Waals surface area contributed by atoms with Gasteiger partial charge in [0.2, 0.25) is 0 Å². The van der Waals surface area contributed by atoms with E-state index in [9.17, 15) is 14.4 Å². The molecule has 6 rings (SSSR count). The predicted molar refractivity (Wildman–Crippen MR) is 142 cm³/mol. The van der Waals surface area contributed by atoms with Crippen LogP contribution in [0.4, 0.5) is 0 Å². The molecular weight excluding hydrogens is 540 g/mol. The van der Waals surface area contributed by atoms with Crippen molar-refractivity contribution in [2.75, 3.05) is 7.11 Å². The second kappa shape index (κ2) is 10.1. The molecule has 4 aromatic heterocycles. The fourth-order valence-electron chi connectivity index (χ4n) is 3.64. The summed E-state index contributed by atoms with van der Waals surface area (Å²) < 4.78 is 8.72. The molecule has 0 aliphatic rings. The number of nitrogens with one attached hydrogen (secondary N) is 2. The van der Waals surface area contributed by atoms with Gasteiger partial charge in [0.15, 0.2) is 11.6 Å². The topological polar surface area (TPSA) is 127 Å². The maximum Gasteiger partial charge on any atom is 0.337 e. The van der Waals surface area contributed by atoms with Gasteiger partial charge in [-0.25, -0.2) is 13.8 Å². The molecule has 4 heterocycles. The Bertz CT molecular complexity index is 1830. The molecule has 0 saturated carbocycles. The van der Waals surface area contributed by atoms with E-state index in [-0.39, 0.29) is 11.1 Å². The van der Waals surface area contributed by atoms with Crippen LogP contribution in [0.1, 0.15) is 10.4 Å². The Balaban J connectivity index is 0.000000153. The molecule has 0 amide bonds. The molecule has 2 aromatic carbocycles. The van der Waals surface area contributed by atoms with Crippen molar-refractivity contribution in [2.24, 2.45) is 0 Å². The van der Waals surface area contributed by atoms with E-state index in [2.05, 4.69) is 40.8 Å². The largest absolute Gasteiger partial charge is 0.465 e. The maximum absolute atomic E-state index is 11.9. The highest BCUT2D eigenvalue weighted by molar-refractivity contribution is 9.10. The number of H-pyrrole nitrogens is 2. The molecule has 6 aromatic rings. The Hall–Kier alpha value is -4.77. The predicted octanol–water partition coefficient (Wildman–Crippen LogP) is 3.93. The quantitative estimate of drug-likeness (QED) is 0.317. The summed E-state index contributed by atoms with van der Waals surface area (Å²) in [4.78, 5) is 40.5. The monoisotopic (exact) mass is 558 g/mol. The molecule has 0 saturated heterocycles. The fraction of sp³-hybridized carbons (Fsp3) is 0.0385. The second-order valence-electron chi connectivity index (χ2n) is 7.86. The molecule has 0 aliphatic heterocycles. The van der Waals surface area contributed by atoms with Crippen LogP contribution < -0.4 is 11.1 Å². The van der Waals surface area contributed by atoms with Gasteiger partial charge in [0.05, 0.1) is 12.7 Å². The van der Waals surface area contributed by atoms with E-state index in [1.165, 1.54) is 11.6 Å². The van der Waals surface area contributed by atoms with E-state index >= 15 is 0 Å². The molecule has 0 atom stereocenters. The lowest BCUT2D eigenvalue weighted by atomic mass is 10.1. The Morgan fingerprint density at radius 1 is 0.757 bits per heavy atom. The lowest BCUT2D eigenvalue weighted by Crippen LogP contribution is -2.13. The first kappa shape index (κ1) is 23.9. The van der Waals surface area contributed by atoms with Gasteiger partial charge in [0.25, 0.3) is 11.1 Å². The minimum atomic E-state index is -0.404. The van der Waals surface area contributed by atoms with Gasteiger partial charge in [-0.15, -0.1) is 10.2 Å². The van der Waals surface area contributed by atoms with E-state index in [1.54, 1.807) is 65.4 Å². The zero-order valence-electron chi connectivity index (χ0n) is 19.4. The van der Waals surface area contributed by atoms with E-state index in [1.807, 2.05) is 24.3 Å². The van der Waals surface area contributed by atoms with Gasteiger partial charge in [0.1, 0.15) is 11.0 Å². The van der Waals surface area contributed by atoms with Gasteiger partial charge in [-0.3, -0.25) is 9.59 Å². The Labute approximate surface area is 217 Å². The summed E-state index contributed by atoms with van der Waals surface area (Å²) in [6, 6.07) is 21.3. The van der Waals surface area contributed by atoms with E-state index in [0.29, 0.717) is 33.8 Å². The number of nitrogens with zero attached hydrogens (tertiary/aromatic N) is 4. The van der Waals surface area contributed by atoms with Crippen molar-refractivity contribution < 1.29 is 9.53 Å². The summed E-state index contributed by atoms with van der Waals surface area (Å²) in [5.74, 6) is 0.597. The number of carbonyl (C=O) groups excluding carboxylic acids is 1. The van der Waals surface area contributed by atoms with Crippen molar-refractivity contribution >= 4 is 32.9 Å². The van der Waals surface area contributed by atoms with Crippen molar-refractivity contribution in [3.63, 3.8) is 0 Å². The summed E-state index contributed by atoms with van der Waals surface area (Å²) in [6.45, 7) is 0. The van der Waals surface area contributed by atoms with Crippen molar-refractivity contribution in [1.29, 1.82) is 0 Å². The lowest BCUT2D eigenvalue weighted by molar-refractivity contribution is 0.0600. The zero-order chi connectivity index (χ0) is 25.9. The van der Waals surface area contributed by atoms with Gasteiger partial charge < -0.3 is 14.7 Å². The highest BCUT2D eigenvalue weighted by Gasteiger charge is 2.09. The lowest BCUT2D eigenvalue weighted by Gasteiger charge is -2.03. The van der Waals surface area contributed by atoms with Gasteiger partial charge >= 0.3 is 5.97 Å². The average molecular weight is 559 g/mol. The van der Waals surface area contributed by atoms with E-state index in [0.717, 1.165) is 10.0 Å². The van der Waals surface area contributed by atoms with Gasteiger partial charge in [-0.1, -0.05) is 40.2 Å². The number of aromatic amines is 2. The van der Waals surface area contributed by atoms with Crippen LogP contribution in [0.15, 0.2) is 99.3 Å². The molecule has 0 bridgehead atoms. The summed E-state index contributed by atoms with van der Waals surface area (Å²) >= 11 is 3.37. The van der Waals surface area contributed by atoms with Crippen LogP contribution in [-0.2, 0) is 4.74 Å². The van der Waals surface area contributed by atoms with E-state index < -0.39 is 5.97 Å². The number of hydrogen-bond donors (Lipinski definition) is 2. The van der Waals surface area contributed by atoms with Crippen molar-refractivity contribution in [1.82, 2.24) is 29.2 Å². The summed E-state index contributed by atoms with van der Waals surface area (Å²) in [5, 5.41) is 8.65. The van der Waals surface area contributed by atoms with E-state index in [4.69, 9.17) is 0 Å². The molecule has 0 aliphatic carbocycles.